The summed E-state index contributed by atoms with van der Waals surface area (Å²) >= 11 is 0. The summed E-state index contributed by atoms with van der Waals surface area (Å²) in [5.41, 5.74) is 1.56. The van der Waals surface area contributed by atoms with E-state index in [2.05, 4.69) is 15.5 Å². The van der Waals surface area contributed by atoms with Crippen LogP contribution in [0.5, 0.6) is 0 Å². The number of nitrogens with zero attached hydrogens (tertiary/aromatic N) is 3. The molecule has 1 spiro atoms. The lowest BCUT2D eigenvalue weighted by Crippen LogP contribution is -2.51. The zero-order chi connectivity index (χ0) is 24.4. The SMILES string of the molecule is O=C1CCC(Nc2ccc(N3CCN(CC(=O)N4CCC5(CCCC5)CC4)CC3)c(F)c2)C(=O)N1. The lowest BCUT2D eigenvalue weighted by molar-refractivity contribution is -0.135. The molecule has 1 unspecified atom stereocenters. The molecular weight excluding hydrogens is 449 g/mol. The molecule has 1 aromatic carbocycles. The van der Waals surface area contributed by atoms with Crippen LogP contribution in [0.15, 0.2) is 18.2 Å². The number of piperazine rings is 1. The molecule has 2 N–H and O–H groups in total. The van der Waals surface area contributed by atoms with Gasteiger partial charge in [-0.25, -0.2) is 4.39 Å². The van der Waals surface area contributed by atoms with E-state index in [0.29, 0.717) is 42.8 Å². The third-order valence-corrected chi connectivity index (χ3v) is 8.44. The Morgan fingerprint density at radius 1 is 1.03 bits per heavy atom. The number of benzene rings is 1. The summed E-state index contributed by atoms with van der Waals surface area (Å²) in [6.45, 7) is 4.99. The number of piperidine rings is 2. The van der Waals surface area contributed by atoms with E-state index < -0.39 is 6.04 Å². The maximum atomic E-state index is 14.9. The zero-order valence-electron chi connectivity index (χ0n) is 20.4. The fraction of sp³-hybridized carbons (Fsp3) is 0.654. The van der Waals surface area contributed by atoms with Crippen molar-refractivity contribution in [2.75, 3.05) is 56.0 Å². The summed E-state index contributed by atoms with van der Waals surface area (Å²) in [7, 11) is 0. The summed E-state index contributed by atoms with van der Waals surface area (Å²) in [5, 5.41) is 5.33. The van der Waals surface area contributed by atoms with Crippen molar-refractivity contribution in [2.24, 2.45) is 5.41 Å². The summed E-state index contributed by atoms with van der Waals surface area (Å²) in [5.74, 6) is -0.773. The number of rotatable bonds is 5. The summed E-state index contributed by atoms with van der Waals surface area (Å²) < 4.78 is 14.9. The van der Waals surface area contributed by atoms with Gasteiger partial charge >= 0.3 is 0 Å². The molecule has 1 aromatic rings. The molecule has 190 valence electrons. The molecule has 5 rings (SSSR count). The fourth-order valence-electron chi connectivity index (χ4n) is 6.18. The molecule has 3 amide bonds. The van der Waals surface area contributed by atoms with Crippen LogP contribution in [0.25, 0.3) is 0 Å². The van der Waals surface area contributed by atoms with Gasteiger partial charge in [0.2, 0.25) is 17.7 Å². The molecule has 3 heterocycles. The van der Waals surface area contributed by atoms with Crippen LogP contribution >= 0.6 is 0 Å². The summed E-state index contributed by atoms with van der Waals surface area (Å²) in [4.78, 5) is 42.4. The van der Waals surface area contributed by atoms with E-state index >= 15 is 0 Å². The lowest BCUT2D eigenvalue weighted by atomic mass is 9.77. The van der Waals surface area contributed by atoms with Crippen molar-refractivity contribution >= 4 is 29.1 Å². The van der Waals surface area contributed by atoms with Crippen LogP contribution in [0.2, 0.25) is 0 Å². The first-order valence-electron chi connectivity index (χ1n) is 13.1. The molecular formula is C26H36FN5O3. The van der Waals surface area contributed by atoms with Crippen LogP contribution < -0.4 is 15.5 Å². The minimum atomic E-state index is -0.539. The number of nitrogens with one attached hydrogen (secondary N) is 2. The van der Waals surface area contributed by atoms with Gasteiger partial charge < -0.3 is 15.1 Å². The number of carbonyl (C=O) groups excluding carboxylic acids is 3. The van der Waals surface area contributed by atoms with Gasteiger partial charge in [-0.1, -0.05) is 12.8 Å². The van der Waals surface area contributed by atoms with Crippen molar-refractivity contribution in [3.05, 3.63) is 24.0 Å². The third kappa shape index (κ3) is 5.44. The number of anilines is 2. The molecule has 35 heavy (non-hydrogen) atoms. The number of likely N-dealkylation sites (tertiary alicyclic amines) is 1. The van der Waals surface area contributed by atoms with E-state index in [0.717, 1.165) is 39.0 Å². The fourth-order valence-corrected chi connectivity index (χ4v) is 6.18. The molecule has 1 saturated carbocycles. The monoisotopic (exact) mass is 485 g/mol. The van der Waals surface area contributed by atoms with Gasteiger partial charge in [0.25, 0.3) is 0 Å². The molecule has 3 saturated heterocycles. The molecule has 0 radical (unpaired) electrons. The Bertz CT molecular complexity index is 962. The zero-order valence-corrected chi connectivity index (χ0v) is 20.4. The van der Waals surface area contributed by atoms with Crippen molar-refractivity contribution in [2.45, 2.75) is 57.4 Å². The van der Waals surface area contributed by atoms with Crippen LogP contribution in [0.3, 0.4) is 0 Å². The van der Waals surface area contributed by atoms with Crippen LogP contribution in [-0.2, 0) is 14.4 Å². The second-order valence-corrected chi connectivity index (χ2v) is 10.7. The second kappa shape index (κ2) is 10.1. The Labute approximate surface area is 206 Å². The molecule has 0 aromatic heterocycles. The largest absolute Gasteiger partial charge is 0.374 e. The predicted molar refractivity (Wildman–Crippen MR) is 132 cm³/mol. The molecule has 4 aliphatic rings. The minimum absolute atomic E-state index is 0.223. The predicted octanol–water partition coefficient (Wildman–Crippen LogP) is 2.35. The van der Waals surface area contributed by atoms with Gasteiger partial charge in [-0.2, -0.15) is 0 Å². The topological polar surface area (TPSA) is 85.0 Å². The van der Waals surface area contributed by atoms with Crippen molar-refractivity contribution in [1.82, 2.24) is 15.1 Å². The highest BCUT2D eigenvalue weighted by atomic mass is 19.1. The normalized spacial score (nSPS) is 25.1. The van der Waals surface area contributed by atoms with E-state index in [4.69, 9.17) is 0 Å². The van der Waals surface area contributed by atoms with Crippen LogP contribution in [0.1, 0.15) is 51.4 Å². The van der Waals surface area contributed by atoms with E-state index in [1.54, 1.807) is 12.1 Å². The Morgan fingerprint density at radius 3 is 2.40 bits per heavy atom. The Kier molecular flexibility index (Phi) is 6.95. The van der Waals surface area contributed by atoms with Gasteiger partial charge in [-0.3, -0.25) is 24.6 Å². The molecule has 0 bridgehead atoms. The first-order chi connectivity index (χ1) is 16.9. The molecule has 9 heteroatoms. The highest BCUT2D eigenvalue weighted by Crippen LogP contribution is 2.46. The van der Waals surface area contributed by atoms with Crippen LogP contribution in [-0.4, -0.2) is 79.4 Å². The Hall–Kier alpha value is -2.68. The van der Waals surface area contributed by atoms with Crippen LogP contribution in [0.4, 0.5) is 15.8 Å². The standard InChI is InChI=1S/C26H36FN5O3/c27-20-17-19(28-21-4-6-23(33)29-25(21)35)3-5-22(20)31-15-13-30(14-16-31)18-24(34)32-11-9-26(10-12-32)7-1-2-8-26/h3,5,17,21,28H,1-2,4,6-16,18H2,(H,29,33,35). The second-order valence-electron chi connectivity index (χ2n) is 10.7. The lowest BCUT2D eigenvalue weighted by Gasteiger charge is -2.41. The van der Waals surface area contributed by atoms with Crippen molar-refractivity contribution in [3.8, 4) is 0 Å². The molecule has 4 fully saturated rings. The molecule has 1 atom stereocenters. The number of hydrogen-bond donors (Lipinski definition) is 2. The van der Waals surface area contributed by atoms with Crippen LogP contribution in [0, 0.1) is 11.2 Å². The van der Waals surface area contributed by atoms with Gasteiger partial charge in [-0.05, 0) is 55.7 Å². The maximum absolute atomic E-state index is 14.9. The van der Waals surface area contributed by atoms with E-state index in [-0.39, 0.29) is 30.0 Å². The van der Waals surface area contributed by atoms with Gasteiger partial charge in [0.15, 0.2) is 0 Å². The molecule has 8 nitrogen and oxygen atoms in total. The Balaban J connectivity index is 1.09. The van der Waals surface area contributed by atoms with E-state index in [1.807, 2.05) is 9.80 Å². The van der Waals surface area contributed by atoms with E-state index in [9.17, 15) is 18.8 Å². The highest BCUT2D eigenvalue weighted by molar-refractivity contribution is 6.01. The minimum Gasteiger partial charge on any atom is -0.374 e. The number of carbonyl (C=O) groups is 3. The smallest absolute Gasteiger partial charge is 0.249 e. The van der Waals surface area contributed by atoms with Crippen molar-refractivity contribution in [1.29, 1.82) is 0 Å². The molecule has 3 aliphatic heterocycles. The van der Waals surface area contributed by atoms with Crippen molar-refractivity contribution in [3.63, 3.8) is 0 Å². The van der Waals surface area contributed by atoms with Gasteiger partial charge in [0.1, 0.15) is 11.9 Å². The van der Waals surface area contributed by atoms with E-state index in [1.165, 1.54) is 31.7 Å². The summed E-state index contributed by atoms with van der Waals surface area (Å²) in [6, 6.07) is 4.37. The summed E-state index contributed by atoms with van der Waals surface area (Å²) in [6.07, 6.45) is 8.33. The quantitative estimate of drug-likeness (QED) is 0.623. The van der Waals surface area contributed by atoms with Gasteiger partial charge in [0.05, 0.1) is 12.2 Å². The number of halogens is 1. The first kappa shape index (κ1) is 24.0. The van der Waals surface area contributed by atoms with Gasteiger partial charge in [-0.15, -0.1) is 0 Å². The van der Waals surface area contributed by atoms with Crippen molar-refractivity contribution < 1.29 is 18.8 Å². The number of imide groups is 1. The molecule has 1 aliphatic carbocycles. The first-order valence-corrected chi connectivity index (χ1v) is 13.1. The maximum Gasteiger partial charge on any atom is 0.249 e. The highest BCUT2D eigenvalue weighted by Gasteiger charge is 2.38. The average Bonchev–Trinajstić information content (AvgIpc) is 3.30. The van der Waals surface area contributed by atoms with Gasteiger partial charge in [0, 0.05) is 51.4 Å². The third-order valence-electron chi connectivity index (χ3n) is 8.44. The Morgan fingerprint density at radius 2 is 1.74 bits per heavy atom. The number of amides is 3. The number of hydrogen-bond acceptors (Lipinski definition) is 6. The average molecular weight is 486 g/mol.